The Balaban J connectivity index is 3.48. The molecule has 0 aromatic heterocycles. The maximum Gasteiger partial charge on any atom is 0.220 e. The standard InChI is InChI=1S/C11H23NO2S/c1-9(8-13)12-10(14)6-5-7-15-11(2,3)4/h9,13H,5-8H2,1-4H3,(H,12,14). The molecule has 0 aliphatic rings. The molecule has 15 heavy (non-hydrogen) atoms. The minimum absolute atomic E-state index is 0.00246. The van der Waals surface area contributed by atoms with Crippen LogP contribution in [-0.4, -0.2) is 34.2 Å². The summed E-state index contributed by atoms with van der Waals surface area (Å²) in [6.45, 7) is 8.31. The van der Waals surface area contributed by atoms with Crippen molar-refractivity contribution in [1.29, 1.82) is 0 Å². The van der Waals surface area contributed by atoms with E-state index in [1.807, 2.05) is 11.8 Å². The Hall–Kier alpha value is -0.220. The van der Waals surface area contributed by atoms with Crippen molar-refractivity contribution in [3.63, 3.8) is 0 Å². The Labute approximate surface area is 97.0 Å². The molecule has 4 heteroatoms. The molecule has 0 aliphatic heterocycles. The Morgan fingerprint density at radius 3 is 2.53 bits per heavy atom. The van der Waals surface area contributed by atoms with Gasteiger partial charge in [0.25, 0.3) is 0 Å². The maximum absolute atomic E-state index is 11.3. The van der Waals surface area contributed by atoms with Crippen molar-refractivity contribution in [3.8, 4) is 0 Å². The Morgan fingerprint density at radius 2 is 2.07 bits per heavy atom. The van der Waals surface area contributed by atoms with Gasteiger partial charge >= 0.3 is 0 Å². The number of thioether (sulfide) groups is 1. The second kappa shape index (κ2) is 7.12. The number of carbonyl (C=O) groups is 1. The van der Waals surface area contributed by atoms with E-state index in [9.17, 15) is 4.79 Å². The molecule has 0 saturated carbocycles. The quantitative estimate of drug-likeness (QED) is 0.688. The molecule has 0 aliphatic carbocycles. The third-order valence-electron chi connectivity index (χ3n) is 1.76. The summed E-state index contributed by atoms with van der Waals surface area (Å²) in [6, 6.07) is -0.132. The number of aliphatic hydroxyl groups is 1. The number of carbonyl (C=O) groups excluding carboxylic acids is 1. The van der Waals surface area contributed by atoms with E-state index in [2.05, 4.69) is 26.1 Å². The van der Waals surface area contributed by atoms with Crippen molar-refractivity contribution in [2.24, 2.45) is 0 Å². The highest BCUT2D eigenvalue weighted by atomic mass is 32.2. The molecule has 0 radical (unpaired) electrons. The van der Waals surface area contributed by atoms with Gasteiger partial charge in [0.05, 0.1) is 6.61 Å². The number of nitrogens with one attached hydrogen (secondary N) is 1. The van der Waals surface area contributed by atoms with Gasteiger partial charge in [-0.1, -0.05) is 20.8 Å². The Kier molecular flexibility index (Phi) is 7.02. The van der Waals surface area contributed by atoms with E-state index < -0.39 is 0 Å². The topological polar surface area (TPSA) is 49.3 Å². The molecule has 1 atom stereocenters. The largest absolute Gasteiger partial charge is 0.394 e. The van der Waals surface area contributed by atoms with Crippen LogP contribution in [-0.2, 0) is 4.79 Å². The average Bonchev–Trinajstić information content (AvgIpc) is 2.11. The zero-order valence-corrected chi connectivity index (χ0v) is 11.0. The van der Waals surface area contributed by atoms with Crippen LogP contribution in [0.1, 0.15) is 40.5 Å². The monoisotopic (exact) mass is 233 g/mol. The summed E-state index contributed by atoms with van der Waals surface area (Å²) in [5, 5.41) is 11.5. The molecule has 1 unspecified atom stereocenters. The summed E-state index contributed by atoms with van der Waals surface area (Å²) in [6.07, 6.45) is 1.44. The zero-order chi connectivity index (χ0) is 11.9. The first-order valence-corrected chi connectivity index (χ1v) is 6.38. The van der Waals surface area contributed by atoms with Crippen LogP contribution in [0.5, 0.6) is 0 Å². The summed E-state index contributed by atoms with van der Waals surface area (Å²) >= 11 is 1.87. The van der Waals surface area contributed by atoms with Gasteiger partial charge in [0.2, 0.25) is 5.91 Å². The SMILES string of the molecule is CC(CO)NC(=O)CCCSC(C)(C)C. The summed E-state index contributed by atoms with van der Waals surface area (Å²) < 4.78 is 0.273. The van der Waals surface area contributed by atoms with Gasteiger partial charge in [-0.05, 0) is 19.1 Å². The number of hydrogen-bond donors (Lipinski definition) is 2. The lowest BCUT2D eigenvalue weighted by atomic mass is 10.3. The molecule has 0 rings (SSSR count). The fourth-order valence-electron chi connectivity index (χ4n) is 1.00. The van der Waals surface area contributed by atoms with Crippen LogP contribution in [0, 0.1) is 0 Å². The van der Waals surface area contributed by atoms with E-state index >= 15 is 0 Å². The average molecular weight is 233 g/mol. The molecule has 90 valence electrons. The highest BCUT2D eigenvalue weighted by molar-refractivity contribution is 8.00. The first-order chi connectivity index (χ1) is 6.85. The minimum atomic E-state index is -0.132. The third-order valence-corrected chi connectivity index (χ3v) is 3.12. The lowest BCUT2D eigenvalue weighted by molar-refractivity contribution is -0.121. The minimum Gasteiger partial charge on any atom is -0.394 e. The Bertz CT molecular complexity index is 190. The molecule has 0 spiro atoms. The molecule has 2 N–H and O–H groups in total. The second-order valence-corrected chi connectivity index (χ2v) is 6.64. The predicted molar refractivity (Wildman–Crippen MR) is 66.1 cm³/mol. The smallest absolute Gasteiger partial charge is 0.220 e. The van der Waals surface area contributed by atoms with Crippen LogP contribution in [0.25, 0.3) is 0 Å². The second-order valence-electron chi connectivity index (χ2n) is 4.72. The Morgan fingerprint density at radius 1 is 1.47 bits per heavy atom. The fourth-order valence-corrected chi connectivity index (χ4v) is 1.90. The lowest BCUT2D eigenvalue weighted by Gasteiger charge is -2.17. The van der Waals surface area contributed by atoms with E-state index in [4.69, 9.17) is 5.11 Å². The molecule has 0 aromatic carbocycles. The molecule has 1 amide bonds. The molecule has 0 fully saturated rings. The van der Waals surface area contributed by atoms with E-state index in [1.54, 1.807) is 6.92 Å². The van der Waals surface area contributed by atoms with Gasteiger partial charge < -0.3 is 10.4 Å². The molecule has 0 bridgehead atoms. The maximum atomic E-state index is 11.3. The van der Waals surface area contributed by atoms with Crippen molar-refractivity contribution >= 4 is 17.7 Å². The van der Waals surface area contributed by atoms with E-state index in [-0.39, 0.29) is 23.3 Å². The van der Waals surface area contributed by atoms with Crippen LogP contribution in [0.15, 0.2) is 0 Å². The summed E-state index contributed by atoms with van der Waals surface area (Å²) in [5.74, 6) is 1.04. The summed E-state index contributed by atoms with van der Waals surface area (Å²) in [7, 11) is 0. The van der Waals surface area contributed by atoms with Crippen LogP contribution in [0.2, 0.25) is 0 Å². The van der Waals surface area contributed by atoms with Gasteiger partial charge in [0, 0.05) is 17.2 Å². The van der Waals surface area contributed by atoms with Crippen molar-refractivity contribution < 1.29 is 9.90 Å². The number of hydrogen-bond acceptors (Lipinski definition) is 3. The zero-order valence-electron chi connectivity index (χ0n) is 10.2. The normalized spacial score (nSPS) is 13.7. The number of rotatable bonds is 6. The summed E-state index contributed by atoms with van der Waals surface area (Å²) in [5.41, 5.74) is 0. The molecule has 3 nitrogen and oxygen atoms in total. The van der Waals surface area contributed by atoms with Gasteiger partial charge in [0.1, 0.15) is 0 Å². The highest BCUT2D eigenvalue weighted by Gasteiger charge is 2.11. The van der Waals surface area contributed by atoms with E-state index in [0.29, 0.717) is 6.42 Å². The van der Waals surface area contributed by atoms with Crippen LogP contribution < -0.4 is 5.32 Å². The van der Waals surface area contributed by atoms with Crippen molar-refractivity contribution in [1.82, 2.24) is 5.32 Å². The third kappa shape index (κ3) is 10.1. The number of aliphatic hydroxyl groups excluding tert-OH is 1. The molecule has 0 heterocycles. The molecular weight excluding hydrogens is 210 g/mol. The summed E-state index contributed by atoms with van der Waals surface area (Å²) in [4.78, 5) is 11.3. The van der Waals surface area contributed by atoms with E-state index in [1.165, 1.54) is 0 Å². The first kappa shape index (κ1) is 14.8. The van der Waals surface area contributed by atoms with Crippen LogP contribution in [0.3, 0.4) is 0 Å². The van der Waals surface area contributed by atoms with Crippen molar-refractivity contribution in [3.05, 3.63) is 0 Å². The first-order valence-electron chi connectivity index (χ1n) is 5.39. The van der Waals surface area contributed by atoms with Gasteiger partial charge in [-0.15, -0.1) is 0 Å². The van der Waals surface area contributed by atoms with Crippen molar-refractivity contribution in [2.45, 2.75) is 51.3 Å². The highest BCUT2D eigenvalue weighted by Crippen LogP contribution is 2.23. The predicted octanol–water partition coefficient (Wildman–Crippen LogP) is 1.80. The van der Waals surface area contributed by atoms with Gasteiger partial charge in [-0.2, -0.15) is 11.8 Å². The molecule has 0 saturated heterocycles. The molecular formula is C11H23NO2S. The molecule has 0 aromatic rings. The van der Waals surface area contributed by atoms with Crippen LogP contribution in [0.4, 0.5) is 0 Å². The van der Waals surface area contributed by atoms with Crippen LogP contribution >= 0.6 is 11.8 Å². The van der Waals surface area contributed by atoms with Gasteiger partial charge in [0.15, 0.2) is 0 Å². The van der Waals surface area contributed by atoms with Gasteiger partial charge in [-0.3, -0.25) is 4.79 Å². The van der Waals surface area contributed by atoms with Gasteiger partial charge in [-0.25, -0.2) is 0 Å². The fraction of sp³-hybridized carbons (Fsp3) is 0.909. The lowest BCUT2D eigenvalue weighted by Crippen LogP contribution is -2.34. The number of amides is 1. The van der Waals surface area contributed by atoms with Crippen molar-refractivity contribution in [2.75, 3.05) is 12.4 Å². The van der Waals surface area contributed by atoms with E-state index in [0.717, 1.165) is 12.2 Å².